The summed E-state index contributed by atoms with van der Waals surface area (Å²) in [7, 11) is 0. The molecule has 1 atom stereocenters. The Bertz CT molecular complexity index is 167. The number of piperidine rings is 1. The Hall–Kier alpha value is -0.900. The van der Waals surface area contributed by atoms with E-state index in [1.165, 1.54) is 0 Å². The first kappa shape index (κ1) is 7.21. The molecule has 1 unspecified atom stereocenters. The summed E-state index contributed by atoms with van der Waals surface area (Å²) in [4.78, 5) is 21.4. The Balaban J connectivity index is 2.56. The van der Waals surface area contributed by atoms with Gasteiger partial charge in [-0.2, -0.15) is 0 Å². The Labute approximate surface area is 58.8 Å². The second kappa shape index (κ2) is 2.79. The van der Waals surface area contributed by atoms with Gasteiger partial charge in [0.1, 0.15) is 11.7 Å². The van der Waals surface area contributed by atoms with Crippen molar-refractivity contribution in [1.29, 1.82) is 0 Å². The minimum Gasteiger partial charge on any atom is -0.369 e. The van der Waals surface area contributed by atoms with E-state index in [9.17, 15) is 9.59 Å². The topological polar surface area (TPSA) is 72.2 Å². The van der Waals surface area contributed by atoms with Crippen molar-refractivity contribution in [2.75, 3.05) is 13.1 Å². The molecule has 4 nitrogen and oxygen atoms in total. The zero-order chi connectivity index (χ0) is 7.56. The van der Waals surface area contributed by atoms with E-state index in [0.717, 1.165) is 0 Å². The highest BCUT2D eigenvalue weighted by Crippen LogP contribution is 2.03. The molecule has 1 amide bonds. The van der Waals surface area contributed by atoms with Gasteiger partial charge < -0.3 is 11.1 Å². The molecule has 1 heterocycles. The van der Waals surface area contributed by atoms with Crippen LogP contribution in [0, 0.1) is 5.92 Å². The monoisotopic (exact) mass is 142 g/mol. The molecule has 10 heavy (non-hydrogen) atoms. The van der Waals surface area contributed by atoms with Gasteiger partial charge in [0.15, 0.2) is 0 Å². The van der Waals surface area contributed by atoms with Crippen molar-refractivity contribution in [2.24, 2.45) is 11.7 Å². The Morgan fingerprint density at radius 2 is 2.40 bits per heavy atom. The molecule has 1 fully saturated rings. The fourth-order valence-corrected chi connectivity index (χ4v) is 1.01. The maximum absolute atomic E-state index is 10.9. The average Bonchev–Trinajstić information content (AvgIpc) is 1.88. The van der Waals surface area contributed by atoms with Crippen LogP contribution in [0.5, 0.6) is 0 Å². The number of amides is 1. The van der Waals surface area contributed by atoms with E-state index < -0.39 is 11.8 Å². The molecule has 0 aliphatic carbocycles. The quantitative estimate of drug-likeness (QED) is 0.445. The second-order valence-corrected chi connectivity index (χ2v) is 2.38. The standard InChI is InChI=1S/C6H10N2O2/c7-6(10)4-3-8-2-1-5(4)9/h4,8H,1-3H2,(H2,7,10). The number of carbonyl (C=O) groups is 2. The molecular weight excluding hydrogens is 132 g/mol. The van der Waals surface area contributed by atoms with Crippen LogP contribution in [0.3, 0.4) is 0 Å². The molecular formula is C6H10N2O2. The summed E-state index contributed by atoms with van der Waals surface area (Å²) in [5.74, 6) is -1.14. The van der Waals surface area contributed by atoms with Crippen LogP contribution < -0.4 is 11.1 Å². The minimum absolute atomic E-state index is 0.0359. The third-order valence-corrected chi connectivity index (χ3v) is 1.63. The summed E-state index contributed by atoms with van der Waals surface area (Å²) in [5.41, 5.74) is 4.96. The van der Waals surface area contributed by atoms with E-state index in [-0.39, 0.29) is 5.78 Å². The fourth-order valence-electron chi connectivity index (χ4n) is 1.01. The summed E-state index contributed by atoms with van der Waals surface area (Å²) >= 11 is 0. The maximum atomic E-state index is 10.9. The van der Waals surface area contributed by atoms with Crippen molar-refractivity contribution in [2.45, 2.75) is 6.42 Å². The minimum atomic E-state index is -0.589. The van der Waals surface area contributed by atoms with Crippen LogP contribution in [-0.2, 0) is 9.59 Å². The zero-order valence-electron chi connectivity index (χ0n) is 5.59. The van der Waals surface area contributed by atoms with Gasteiger partial charge in [-0.3, -0.25) is 9.59 Å². The molecule has 3 N–H and O–H groups in total. The predicted molar refractivity (Wildman–Crippen MR) is 35.2 cm³/mol. The highest BCUT2D eigenvalue weighted by atomic mass is 16.2. The molecule has 0 aromatic rings. The largest absolute Gasteiger partial charge is 0.369 e. The molecule has 56 valence electrons. The highest BCUT2D eigenvalue weighted by molar-refractivity contribution is 6.01. The highest BCUT2D eigenvalue weighted by Gasteiger charge is 2.26. The van der Waals surface area contributed by atoms with E-state index in [4.69, 9.17) is 5.73 Å². The molecule has 1 aliphatic heterocycles. The fraction of sp³-hybridized carbons (Fsp3) is 0.667. The lowest BCUT2D eigenvalue weighted by Crippen LogP contribution is -2.43. The summed E-state index contributed by atoms with van der Waals surface area (Å²) in [5, 5.41) is 2.92. The Kier molecular flexibility index (Phi) is 2.01. The van der Waals surface area contributed by atoms with Gasteiger partial charge in [0.05, 0.1) is 0 Å². The first-order chi connectivity index (χ1) is 4.72. The summed E-state index contributed by atoms with van der Waals surface area (Å²) < 4.78 is 0. The van der Waals surface area contributed by atoms with Crippen LogP contribution in [0.25, 0.3) is 0 Å². The van der Waals surface area contributed by atoms with Crippen molar-refractivity contribution in [3.63, 3.8) is 0 Å². The van der Waals surface area contributed by atoms with Crippen LogP contribution in [0.1, 0.15) is 6.42 Å². The van der Waals surface area contributed by atoms with Crippen LogP contribution in [-0.4, -0.2) is 24.8 Å². The van der Waals surface area contributed by atoms with Gasteiger partial charge >= 0.3 is 0 Å². The first-order valence-corrected chi connectivity index (χ1v) is 3.24. The predicted octanol–water partition coefficient (Wildman–Crippen LogP) is -1.35. The smallest absolute Gasteiger partial charge is 0.229 e. The van der Waals surface area contributed by atoms with Gasteiger partial charge in [-0.05, 0) is 0 Å². The van der Waals surface area contributed by atoms with E-state index in [0.29, 0.717) is 19.5 Å². The molecule has 0 saturated carbocycles. The first-order valence-electron chi connectivity index (χ1n) is 3.24. The Morgan fingerprint density at radius 1 is 1.70 bits per heavy atom. The third kappa shape index (κ3) is 1.33. The van der Waals surface area contributed by atoms with Crippen molar-refractivity contribution >= 4 is 11.7 Å². The lowest BCUT2D eigenvalue weighted by Gasteiger charge is -2.17. The number of carbonyl (C=O) groups excluding carboxylic acids is 2. The normalized spacial score (nSPS) is 26.4. The van der Waals surface area contributed by atoms with E-state index in [1.807, 2.05) is 0 Å². The molecule has 0 aromatic carbocycles. The van der Waals surface area contributed by atoms with Crippen molar-refractivity contribution in [3.8, 4) is 0 Å². The number of ketones is 1. The van der Waals surface area contributed by atoms with Gasteiger partial charge in [0, 0.05) is 19.5 Å². The molecule has 1 aliphatic rings. The molecule has 0 spiro atoms. The summed E-state index contributed by atoms with van der Waals surface area (Å²) in [6.45, 7) is 1.08. The lowest BCUT2D eigenvalue weighted by molar-refractivity contribution is -0.133. The number of primary amides is 1. The number of hydrogen-bond acceptors (Lipinski definition) is 3. The van der Waals surface area contributed by atoms with Crippen LogP contribution in [0.15, 0.2) is 0 Å². The van der Waals surface area contributed by atoms with E-state index >= 15 is 0 Å². The van der Waals surface area contributed by atoms with Crippen molar-refractivity contribution < 1.29 is 9.59 Å². The summed E-state index contributed by atoms with van der Waals surface area (Å²) in [6, 6.07) is 0. The van der Waals surface area contributed by atoms with Gasteiger partial charge in [-0.15, -0.1) is 0 Å². The molecule has 4 heteroatoms. The van der Waals surface area contributed by atoms with Gasteiger partial charge in [-0.1, -0.05) is 0 Å². The second-order valence-electron chi connectivity index (χ2n) is 2.38. The number of nitrogens with one attached hydrogen (secondary N) is 1. The molecule has 0 radical (unpaired) electrons. The van der Waals surface area contributed by atoms with E-state index in [2.05, 4.69) is 5.32 Å². The van der Waals surface area contributed by atoms with Crippen LogP contribution in [0.4, 0.5) is 0 Å². The number of rotatable bonds is 1. The third-order valence-electron chi connectivity index (χ3n) is 1.63. The van der Waals surface area contributed by atoms with Crippen LogP contribution >= 0.6 is 0 Å². The zero-order valence-corrected chi connectivity index (χ0v) is 5.59. The average molecular weight is 142 g/mol. The number of nitrogens with two attached hydrogens (primary N) is 1. The molecule has 1 saturated heterocycles. The SMILES string of the molecule is NC(=O)C1CNCCC1=O. The van der Waals surface area contributed by atoms with Crippen molar-refractivity contribution in [1.82, 2.24) is 5.32 Å². The number of hydrogen-bond donors (Lipinski definition) is 2. The van der Waals surface area contributed by atoms with Gasteiger partial charge in [0.25, 0.3) is 0 Å². The Morgan fingerprint density at radius 3 is 2.80 bits per heavy atom. The molecule has 1 rings (SSSR count). The van der Waals surface area contributed by atoms with Crippen LogP contribution in [0.2, 0.25) is 0 Å². The van der Waals surface area contributed by atoms with E-state index in [1.54, 1.807) is 0 Å². The molecule has 0 aromatic heterocycles. The summed E-state index contributed by atoms with van der Waals surface area (Å²) in [6.07, 6.45) is 0.424. The van der Waals surface area contributed by atoms with Gasteiger partial charge in [0.2, 0.25) is 5.91 Å². The maximum Gasteiger partial charge on any atom is 0.229 e. The molecule has 0 bridgehead atoms. The van der Waals surface area contributed by atoms with Crippen molar-refractivity contribution in [3.05, 3.63) is 0 Å². The lowest BCUT2D eigenvalue weighted by atomic mass is 9.98. The van der Waals surface area contributed by atoms with Gasteiger partial charge in [-0.25, -0.2) is 0 Å². The number of Topliss-reactive ketones (excluding diaryl/α,β-unsaturated/α-hetero) is 1.